The van der Waals surface area contributed by atoms with Crippen molar-refractivity contribution < 1.29 is 14.3 Å². The van der Waals surface area contributed by atoms with Gasteiger partial charge in [-0.05, 0) is 19.3 Å². The quantitative estimate of drug-likeness (QED) is 0.0768. The molecule has 0 aromatic heterocycles. The Labute approximate surface area is 219 Å². The molecule has 207 valence electrons. The van der Waals surface area contributed by atoms with Gasteiger partial charge in [-0.25, -0.2) is 0 Å². The van der Waals surface area contributed by atoms with Crippen LogP contribution in [0.15, 0.2) is 0 Å². The van der Waals surface area contributed by atoms with Crippen molar-refractivity contribution in [3.05, 3.63) is 0 Å². The molecule has 0 saturated carbocycles. The van der Waals surface area contributed by atoms with Gasteiger partial charge in [-0.1, -0.05) is 155 Å². The number of carbonyl (C=O) groups excluding carboxylic acids is 2. The molecule has 0 rings (SSSR count). The second-order valence-corrected chi connectivity index (χ2v) is 10.8. The lowest BCUT2D eigenvalue weighted by Gasteiger charge is -2.15. The molecular weight excluding hydrogens is 432 g/mol. The molecule has 3 heteroatoms. The van der Waals surface area contributed by atoms with Crippen molar-refractivity contribution >= 4 is 12.3 Å². The van der Waals surface area contributed by atoms with E-state index in [0.717, 1.165) is 25.7 Å². The van der Waals surface area contributed by atoms with Crippen molar-refractivity contribution in [2.75, 3.05) is 0 Å². The Morgan fingerprint density at radius 2 is 0.886 bits per heavy atom. The zero-order valence-electron chi connectivity index (χ0n) is 23.9. The first-order chi connectivity index (χ1) is 17.2. The molecule has 0 aliphatic heterocycles. The molecule has 0 N–H and O–H groups in total. The third kappa shape index (κ3) is 27.6. The third-order valence-electron chi connectivity index (χ3n) is 7.22. The van der Waals surface area contributed by atoms with Crippen molar-refractivity contribution in [2.45, 2.75) is 193 Å². The number of esters is 1. The molecular formula is C32H61O3. The zero-order chi connectivity index (χ0) is 25.7. The van der Waals surface area contributed by atoms with Crippen molar-refractivity contribution in [1.82, 2.24) is 0 Å². The van der Waals surface area contributed by atoms with Crippen LogP contribution in [0.1, 0.15) is 187 Å². The first kappa shape index (κ1) is 34.1. The Balaban J connectivity index is 3.54. The summed E-state index contributed by atoms with van der Waals surface area (Å²) >= 11 is 0. The summed E-state index contributed by atoms with van der Waals surface area (Å²) in [5.41, 5.74) is 0. The lowest BCUT2D eigenvalue weighted by atomic mass is 10.0. The summed E-state index contributed by atoms with van der Waals surface area (Å²) in [7, 11) is 0. The topological polar surface area (TPSA) is 43.4 Å². The average molecular weight is 494 g/mol. The van der Waals surface area contributed by atoms with Gasteiger partial charge < -0.3 is 4.74 Å². The van der Waals surface area contributed by atoms with Crippen LogP contribution in [0.5, 0.6) is 0 Å². The van der Waals surface area contributed by atoms with Crippen LogP contribution in [0.4, 0.5) is 0 Å². The molecule has 1 atom stereocenters. The fraction of sp³-hybridized carbons (Fsp3) is 0.938. The van der Waals surface area contributed by atoms with Crippen molar-refractivity contribution in [3.8, 4) is 0 Å². The van der Waals surface area contributed by atoms with E-state index in [0.29, 0.717) is 6.42 Å². The van der Waals surface area contributed by atoms with Crippen LogP contribution >= 0.6 is 0 Å². The van der Waals surface area contributed by atoms with Gasteiger partial charge in [0, 0.05) is 6.42 Å². The molecule has 0 amide bonds. The fourth-order valence-electron chi connectivity index (χ4n) is 4.86. The maximum Gasteiger partial charge on any atom is 0.306 e. The predicted octanol–water partition coefficient (Wildman–Crippen LogP) is 10.6. The molecule has 1 radical (unpaired) electrons. The second-order valence-electron chi connectivity index (χ2n) is 10.8. The highest BCUT2D eigenvalue weighted by Crippen LogP contribution is 2.16. The predicted molar refractivity (Wildman–Crippen MR) is 152 cm³/mol. The molecule has 0 aromatic carbocycles. The van der Waals surface area contributed by atoms with E-state index in [9.17, 15) is 9.59 Å². The Morgan fingerprint density at radius 1 is 0.543 bits per heavy atom. The van der Waals surface area contributed by atoms with Crippen LogP contribution < -0.4 is 0 Å². The monoisotopic (exact) mass is 493 g/mol. The molecule has 0 heterocycles. The molecule has 3 nitrogen and oxygen atoms in total. The molecule has 0 fully saturated rings. The van der Waals surface area contributed by atoms with E-state index in [2.05, 4.69) is 13.8 Å². The largest absolute Gasteiger partial charge is 0.462 e. The third-order valence-corrected chi connectivity index (χ3v) is 7.22. The molecule has 0 spiro atoms. The van der Waals surface area contributed by atoms with E-state index in [1.807, 2.05) is 6.29 Å². The molecule has 0 aromatic rings. The van der Waals surface area contributed by atoms with Crippen molar-refractivity contribution in [3.63, 3.8) is 0 Å². The van der Waals surface area contributed by atoms with E-state index in [-0.39, 0.29) is 18.5 Å². The van der Waals surface area contributed by atoms with E-state index in [1.54, 1.807) is 0 Å². The van der Waals surface area contributed by atoms with E-state index in [1.165, 1.54) is 135 Å². The van der Waals surface area contributed by atoms with Crippen LogP contribution in [-0.4, -0.2) is 18.4 Å². The molecule has 0 saturated heterocycles. The molecule has 35 heavy (non-hydrogen) atoms. The molecule has 1 unspecified atom stereocenters. The minimum Gasteiger partial charge on any atom is -0.462 e. The normalized spacial score (nSPS) is 12.1. The van der Waals surface area contributed by atoms with Gasteiger partial charge in [0.25, 0.3) is 0 Å². The summed E-state index contributed by atoms with van der Waals surface area (Å²) in [6.45, 7) is 4.53. The summed E-state index contributed by atoms with van der Waals surface area (Å²) < 4.78 is 5.59. The first-order valence-electron chi connectivity index (χ1n) is 15.8. The summed E-state index contributed by atoms with van der Waals surface area (Å²) in [4.78, 5) is 23.0. The minimum atomic E-state index is -0.263. The summed E-state index contributed by atoms with van der Waals surface area (Å²) in [5, 5.41) is 0. The van der Waals surface area contributed by atoms with Gasteiger partial charge in [-0.3, -0.25) is 9.59 Å². The van der Waals surface area contributed by atoms with Crippen LogP contribution in [-0.2, 0) is 14.3 Å². The molecule has 0 aliphatic rings. The van der Waals surface area contributed by atoms with Gasteiger partial charge in [0.05, 0.1) is 6.42 Å². The molecule has 0 aliphatic carbocycles. The smallest absolute Gasteiger partial charge is 0.306 e. The number of hydrogen-bond acceptors (Lipinski definition) is 3. The zero-order valence-corrected chi connectivity index (χ0v) is 23.9. The van der Waals surface area contributed by atoms with Gasteiger partial charge >= 0.3 is 5.97 Å². The standard InChI is InChI=1S/C32H61O3/c1-3-5-7-9-11-13-15-16-18-20-22-24-26-28-32(34)35-31(29-30-33)27-25-23-21-19-17-14-12-10-8-6-4-2/h31H,3-29H2,1-2H3. The number of ether oxygens (including phenoxy) is 1. The van der Waals surface area contributed by atoms with Crippen molar-refractivity contribution in [1.29, 1.82) is 0 Å². The summed E-state index contributed by atoms with van der Waals surface area (Å²) in [5.74, 6) is -0.128. The van der Waals surface area contributed by atoms with Gasteiger partial charge in [0.1, 0.15) is 6.10 Å². The Morgan fingerprint density at radius 3 is 1.26 bits per heavy atom. The van der Waals surface area contributed by atoms with Crippen molar-refractivity contribution in [2.24, 2.45) is 0 Å². The lowest BCUT2D eigenvalue weighted by molar-refractivity contribution is -0.149. The van der Waals surface area contributed by atoms with E-state index in [4.69, 9.17) is 4.74 Å². The highest BCUT2D eigenvalue weighted by atomic mass is 16.5. The average Bonchev–Trinajstić information content (AvgIpc) is 2.85. The van der Waals surface area contributed by atoms with E-state index >= 15 is 0 Å². The van der Waals surface area contributed by atoms with Crippen LogP contribution in [0, 0.1) is 0 Å². The number of unbranched alkanes of at least 4 members (excludes halogenated alkanes) is 22. The van der Waals surface area contributed by atoms with Crippen LogP contribution in [0.3, 0.4) is 0 Å². The highest BCUT2D eigenvalue weighted by molar-refractivity contribution is 5.69. The van der Waals surface area contributed by atoms with Gasteiger partial charge in [0.15, 0.2) is 0 Å². The first-order valence-corrected chi connectivity index (χ1v) is 15.8. The SMILES string of the molecule is CCCCCCCCCCCCCCCC(=O)OC(C[C]=O)CCCCCCCCCCCCC. The lowest BCUT2D eigenvalue weighted by Crippen LogP contribution is -2.18. The Bertz CT molecular complexity index is 435. The minimum absolute atomic E-state index is 0.128. The fourth-order valence-corrected chi connectivity index (χ4v) is 4.86. The maximum absolute atomic E-state index is 12.2. The maximum atomic E-state index is 12.2. The summed E-state index contributed by atoms with van der Waals surface area (Å²) in [6, 6.07) is 0. The number of rotatable bonds is 29. The Hall–Kier alpha value is -0.860. The van der Waals surface area contributed by atoms with Gasteiger partial charge in [0.2, 0.25) is 6.29 Å². The summed E-state index contributed by atoms with van der Waals surface area (Å²) in [6.07, 6.45) is 34.5. The Kier molecular flexibility index (Phi) is 28.6. The van der Waals surface area contributed by atoms with E-state index < -0.39 is 0 Å². The highest BCUT2D eigenvalue weighted by Gasteiger charge is 2.14. The number of hydrogen-bond donors (Lipinski definition) is 0. The van der Waals surface area contributed by atoms with Gasteiger partial charge in [-0.2, -0.15) is 0 Å². The second kappa shape index (κ2) is 29.4. The molecule has 0 bridgehead atoms. The van der Waals surface area contributed by atoms with Crippen LogP contribution in [0.25, 0.3) is 0 Å². The number of carbonyl (C=O) groups is 1. The van der Waals surface area contributed by atoms with Crippen LogP contribution in [0.2, 0.25) is 0 Å². The van der Waals surface area contributed by atoms with Gasteiger partial charge in [-0.15, -0.1) is 0 Å².